The van der Waals surface area contributed by atoms with Crippen LogP contribution in [0.25, 0.3) is 0 Å². The molecule has 25 heavy (non-hydrogen) atoms. The van der Waals surface area contributed by atoms with Gasteiger partial charge < -0.3 is 14.7 Å². The van der Waals surface area contributed by atoms with Crippen molar-refractivity contribution in [2.24, 2.45) is 0 Å². The monoisotopic (exact) mass is 359 g/mol. The molecule has 0 bridgehead atoms. The number of hydrogen-bond acceptors (Lipinski definition) is 5. The summed E-state index contributed by atoms with van der Waals surface area (Å²) in [6.45, 7) is 3.12. The van der Waals surface area contributed by atoms with Crippen molar-refractivity contribution in [3.05, 3.63) is 38.9 Å². The largest absolute Gasteiger partial charge is 0.351 e. The van der Waals surface area contributed by atoms with E-state index in [1.807, 2.05) is 4.90 Å². The van der Waals surface area contributed by atoms with E-state index in [2.05, 4.69) is 16.5 Å². The minimum absolute atomic E-state index is 0.0651. The van der Waals surface area contributed by atoms with Crippen molar-refractivity contribution >= 4 is 23.2 Å². The quantitative estimate of drug-likeness (QED) is 0.914. The van der Waals surface area contributed by atoms with Crippen LogP contribution in [-0.4, -0.2) is 41.0 Å². The molecule has 7 heteroatoms. The van der Waals surface area contributed by atoms with E-state index in [0.717, 1.165) is 30.6 Å². The van der Waals surface area contributed by atoms with Gasteiger partial charge in [-0.2, -0.15) is 0 Å². The number of amides is 2. The summed E-state index contributed by atoms with van der Waals surface area (Å²) in [6, 6.07) is 3.77. The number of nitrogens with one attached hydrogen (secondary N) is 1. The Hall–Kier alpha value is -2.15. The number of nitrogens with zero attached hydrogens (tertiary/aromatic N) is 2. The van der Waals surface area contributed by atoms with E-state index in [1.54, 1.807) is 24.3 Å². The lowest BCUT2D eigenvalue weighted by Crippen LogP contribution is -2.46. The predicted octanol–water partition coefficient (Wildman–Crippen LogP) is 2.57. The maximum absolute atomic E-state index is 12.7. The van der Waals surface area contributed by atoms with E-state index in [-0.39, 0.29) is 23.6 Å². The van der Waals surface area contributed by atoms with Crippen LogP contribution in [0.15, 0.2) is 16.7 Å². The van der Waals surface area contributed by atoms with Crippen molar-refractivity contribution < 1.29 is 14.1 Å². The Kier molecular flexibility index (Phi) is 4.33. The molecule has 3 heterocycles. The van der Waals surface area contributed by atoms with Gasteiger partial charge >= 0.3 is 0 Å². The molecule has 0 unspecified atom stereocenters. The highest BCUT2D eigenvalue weighted by molar-refractivity contribution is 7.14. The van der Waals surface area contributed by atoms with Crippen molar-refractivity contribution in [2.75, 3.05) is 13.1 Å². The molecule has 0 spiro atoms. The second kappa shape index (κ2) is 6.63. The Morgan fingerprint density at radius 1 is 1.28 bits per heavy atom. The highest BCUT2D eigenvalue weighted by atomic mass is 32.1. The Labute approximate surface area is 150 Å². The molecule has 4 rings (SSSR count). The van der Waals surface area contributed by atoms with Crippen LogP contribution in [0.4, 0.5) is 0 Å². The lowest BCUT2D eigenvalue weighted by atomic mass is 10.0. The Balaban J connectivity index is 1.31. The van der Waals surface area contributed by atoms with Crippen LogP contribution in [0.1, 0.15) is 55.6 Å². The van der Waals surface area contributed by atoms with Gasteiger partial charge in [0.25, 0.3) is 11.8 Å². The Morgan fingerprint density at radius 3 is 2.76 bits per heavy atom. The van der Waals surface area contributed by atoms with Gasteiger partial charge in [-0.15, -0.1) is 11.3 Å². The molecule has 1 saturated heterocycles. The minimum atomic E-state index is -0.236. The number of carbonyl (C=O) groups excluding carboxylic acids is 2. The summed E-state index contributed by atoms with van der Waals surface area (Å²) in [5, 5.41) is 6.70. The highest BCUT2D eigenvalue weighted by Crippen LogP contribution is 2.31. The van der Waals surface area contributed by atoms with Crippen molar-refractivity contribution in [1.29, 1.82) is 0 Å². The smallest absolute Gasteiger partial charge is 0.290 e. The SMILES string of the molecule is Cc1cc(C(=O)NC2CCN(C(=O)c3cc4c(s3)CCC4)CC2)on1. The zero-order valence-corrected chi connectivity index (χ0v) is 15.0. The standard InChI is InChI=1S/C18H21N3O3S/c1-11-9-14(24-20-11)17(22)19-13-5-7-21(8-6-13)18(23)16-10-12-3-2-4-15(12)25-16/h9-10,13H,2-8H2,1H3,(H,19,22). The van der Waals surface area contributed by atoms with Gasteiger partial charge in [-0.25, -0.2) is 0 Å². The third kappa shape index (κ3) is 3.33. The average molecular weight is 359 g/mol. The molecule has 132 valence electrons. The fourth-order valence-electron chi connectivity index (χ4n) is 3.54. The van der Waals surface area contributed by atoms with Gasteiger partial charge in [-0.3, -0.25) is 9.59 Å². The number of likely N-dealkylation sites (tertiary alicyclic amines) is 1. The number of aromatic nitrogens is 1. The summed E-state index contributed by atoms with van der Waals surface area (Å²) in [5.74, 6) is 0.138. The van der Waals surface area contributed by atoms with Gasteiger partial charge in [0.05, 0.1) is 10.6 Å². The first-order valence-electron chi connectivity index (χ1n) is 8.75. The molecule has 1 aliphatic carbocycles. The van der Waals surface area contributed by atoms with Gasteiger partial charge in [0.15, 0.2) is 0 Å². The zero-order chi connectivity index (χ0) is 17.4. The number of hydrogen-bond donors (Lipinski definition) is 1. The van der Waals surface area contributed by atoms with Crippen LogP contribution >= 0.6 is 11.3 Å². The van der Waals surface area contributed by atoms with E-state index in [9.17, 15) is 9.59 Å². The molecule has 2 aliphatic rings. The number of aryl methyl sites for hydroxylation is 3. The fraction of sp³-hybridized carbons (Fsp3) is 0.500. The molecular weight excluding hydrogens is 338 g/mol. The molecule has 0 atom stereocenters. The van der Waals surface area contributed by atoms with Crippen LogP contribution in [0.2, 0.25) is 0 Å². The molecule has 0 radical (unpaired) electrons. The van der Waals surface area contributed by atoms with Gasteiger partial charge in [-0.05, 0) is 50.7 Å². The molecule has 1 N–H and O–H groups in total. The maximum Gasteiger partial charge on any atom is 0.290 e. The molecule has 2 aromatic rings. The van der Waals surface area contributed by atoms with Gasteiger partial charge in [0.1, 0.15) is 0 Å². The lowest BCUT2D eigenvalue weighted by Gasteiger charge is -2.32. The molecular formula is C18H21N3O3S. The minimum Gasteiger partial charge on any atom is -0.351 e. The van der Waals surface area contributed by atoms with Crippen molar-refractivity contribution in [2.45, 2.75) is 45.1 Å². The molecule has 1 fully saturated rings. The first-order valence-corrected chi connectivity index (χ1v) is 9.57. The summed E-state index contributed by atoms with van der Waals surface area (Å²) in [5.41, 5.74) is 2.05. The zero-order valence-electron chi connectivity index (χ0n) is 14.2. The van der Waals surface area contributed by atoms with E-state index in [0.29, 0.717) is 18.8 Å². The number of piperidine rings is 1. The topological polar surface area (TPSA) is 75.4 Å². The third-order valence-corrected chi connectivity index (χ3v) is 6.15. The van der Waals surface area contributed by atoms with Crippen LogP contribution in [-0.2, 0) is 12.8 Å². The molecule has 2 aromatic heterocycles. The summed E-state index contributed by atoms with van der Waals surface area (Å²) in [7, 11) is 0. The first-order chi connectivity index (χ1) is 12.1. The average Bonchev–Trinajstić information content (AvgIpc) is 3.30. The van der Waals surface area contributed by atoms with Crippen molar-refractivity contribution in [3.8, 4) is 0 Å². The molecule has 0 aromatic carbocycles. The molecule has 6 nitrogen and oxygen atoms in total. The van der Waals surface area contributed by atoms with Crippen LogP contribution in [0.5, 0.6) is 0 Å². The maximum atomic E-state index is 12.7. The van der Waals surface area contributed by atoms with Crippen LogP contribution in [0.3, 0.4) is 0 Å². The number of rotatable bonds is 3. The number of fused-ring (bicyclic) bond motifs is 1. The first kappa shape index (κ1) is 16.3. The lowest BCUT2D eigenvalue weighted by molar-refractivity contribution is 0.0699. The van der Waals surface area contributed by atoms with Crippen molar-refractivity contribution in [1.82, 2.24) is 15.4 Å². The van der Waals surface area contributed by atoms with E-state index < -0.39 is 0 Å². The Bertz CT molecular complexity index is 781. The molecule has 0 saturated carbocycles. The predicted molar refractivity (Wildman–Crippen MR) is 94.0 cm³/mol. The van der Waals surface area contributed by atoms with E-state index >= 15 is 0 Å². The number of carbonyl (C=O) groups is 2. The van der Waals surface area contributed by atoms with Crippen LogP contribution in [0, 0.1) is 6.92 Å². The molecule has 2 amide bonds. The summed E-state index contributed by atoms with van der Waals surface area (Å²) in [6.07, 6.45) is 4.95. The highest BCUT2D eigenvalue weighted by Gasteiger charge is 2.27. The summed E-state index contributed by atoms with van der Waals surface area (Å²) < 4.78 is 4.99. The fourth-order valence-corrected chi connectivity index (χ4v) is 4.77. The van der Waals surface area contributed by atoms with E-state index in [4.69, 9.17) is 4.52 Å². The van der Waals surface area contributed by atoms with E-state index in [1.165, 1.54) is 16.9 Å². The summed E-state index contributed by atoms with van der Waals surface area (Å²) in [4.78, 5) is 29.0. The molecule has 1 aliphatic heterocycles. The van der Waals surface area contributed by atoms with Gasteiger partial charge in [0.2, 0.25) is 5.76 Å². The van der Waals surface area contributed by atoms with Gasteiger partial charge in [-0.1, -0.05) is 5.16 Å². The van der Waals surface area contributed by atoms with Crippen LogP contribution < -0.4 is 5.32 Å². The van der Waals surface area contributed by atoms with Gasteiger partial charge in [0, 0.05) is 30.1 Å². The van der Waals surface area contributed by atoms with Crippen molar-refractivity contribution in [3.63, 3.8) is 0 Å². The normalized spacial score (nSPS) is 17.6. The Morgan fingerprint density at radius 2 is 2.08 bits per heavy atom. The third-order valence-electron chi connectivity index (χ3n) is 4.93. The summed E-state index contributed by atoms with van der Waals surface area (Å²) >= 11 is 1.65. The second-order valence-corrected chi connectivity index (χ2v) is 7.92. The number of thiophene rings is 1. The second-order valence-electron chi connectivity index (χ2n) is 6.79.